The summed E-state index contributed by atoms with van der Waals surface area (Å²) in [4.78, 5) is 0. The second-order valence-corrected chi connectivity index (χ2v) is 7.07. The van der Waals surface area contributed by atoms with Gasteiger partial charge in [-0.15, -0.1) is 9.24 Å². The van der Waals surface area contributed by atoms with Crippen LogP contribution in [-0.4, -0.2) is 11.2 Å². The van der Waals surface area contributed by atoms with Crippen LogP contribution in [0.4, 0.5) is 0 Å². The highest BCUT2D eigenvalue weighted by molar-refractivity contribution is 7.19. The molecule has 2 rings (SSSR count). The van der Waals surface area contributed by atoms with Gasteiger partial charge in [-0.2, -0.15) is 0 Å². The molecule has 0 heterocycles. The third kappa shape index (κ3) is 4.00. The van der Waals surface area contributed by atoms with Crippen LogP contribution in [0.1, 0.15) is 39.5 Å². The maximum absolute atomic E-state index is 3.67. The van der Waals surface area contributed by atoms with Gasteiger partial charge in [-0.05, 0) is 42.8 Å². The lowest BCUT2D eigenvalue weighted by Gasteiger charge is -2.23. The summed E-state index contributed by atoms with van der Waals surface area (Å²) >= 11 is 0. The van der Waals surface area contributed by atoms with E-state index in [0.717, 1.165) is 6.42 Å². The summed E-state index contributed by atoms with van der Waals surface area (Å²) in [6, 6.07) is 0.595. The summed E-state index contributed by atoms with van der Waals surface area (Å²) in [6.45, 7) is 4.55. The van der Waals surface area contributed by atoms with Crippen molar-refractivity contribution in [2.45, 2.75) is 50.7 Å². The summed E-state index contributed by atoms with van der Waals surface area (Å²) in [5, 5.41) is 3.96. The molecule has 1 N–H and O–H groups in total. The lowest BCUT2D eigenvalue weighted by atomic mass is 10.00. The third-order valence-electron chi connectivity index (χ3n) is 3.64. The Morgan fingerprint density at radius 3 is 2.94 bits per heavy atom. The van der Waals surface area contributed by atoms with Crippen LogP contribution < -0.4 is 5.32 Å². The number of hydrogen-bond donors (Lipinski definition) is 1. The van der Waals surface area contributed by atoms with Gasteiger partial charge in [0.05, 0.1) is 0 Å². The van der Waals surface area contributed by atoms with Gasteiger partial charge in [-0.1, -0.05) is 38.2 Å². The molecule has 0 bridgehead atoms. The molecule has 2 aliphatic rings. The van der Waals surface area contributed by atoms with E-state index < -0.39 is 0 Å². The average Bonchev–Trinajstić information content (AvgIpc) is 2.44. The Bertz CT molecular complexity index is 352. The van der Waals surface area contributed by atoms with E-state index in [9.17, 15) is 0 Å². The van der Waals surface area contributed by atoms with Crippen LogP contribution in [0.15, 0.2) is 36.1 Å². The van der Waals surface area contributed by atoms with Gasteiger partial charge in [-0.25, -0.2) is 0 Å². The van der Waals surface area contributed by atoms with Gasteiger partial charge in [0.25, 0.3) is 0 Å². The normalized spacial score (nSPS) is 37.5. The molecule has 94 valence electrons. The Morgan fingerprint density at radius 2 is 2.24 bits per heavy atom. The van der Waals surface area contributed by atoms with E-state index in [1.54, 1.807) is 0 Å². The lowest BCUT2D eigenvalue weighted by molar-refractivity contribution is 0.506. The fraction of sp³-hybridized carbons (Fsp3) is 0.600. The van der Waals surface area contributed by atoms with Gasteiger partial charge in [0.2, 0.25) is 0 Å². The molecule has 0 aromatic carbocycles. The van der Waals surface area contributed by atoms with Gasteiger partial charge in [0.1, 0.15) is 0 Å². The van der Waals surface area contributed by atoms with E-state index in [1.807, 2.05) is 0 Å². The molecule has 0 spiro atoms. The Morgan fingerprint density at radius 1 is 1.41 bits per heavy atom. The maximum Gasteiger partial charge on any atom is 0.0298 e. The van der Waals surface area contributed by atoms with Crippen molar-refractivity contribution in [3.63, 3.8) is 0 Å². The lowest BCUT2D eigenvalue weighted by Crippen LogP contribution is -2.28. The molecular formula is C15H24NP. The largest absolute Gasteiger partial charge is 0.382 e. The molecule has 4 atom stereocenters. The molecule has 0 fully saturated rings. The van der Waals surface area contributed by atoms with E-state index in [1.165, 1.54) is 25.0 Å². The van der Waals surface area contributed by atoms with Gasteiger partial charge < -0.3 is 5.32 Å². The molecule has 2 aliphatic carbocycles. The van der Waals surface area contributed by atoms with Crippen LogP contribution in [0.25, 0.3) is 0 Å². The van der Waals surface area contributed by atoms with Crippen molar-refractivity contribution in [2.24, 2.45) is 5.92 Å². The van der Waals surface area contributed by atoms with Crippen LogP contribution in [0.5, 0.6) is 0 Å². The van der Waals surface area contributed by atoms with Crippen LogP contribution in [0, 0.1) is 5.92 Å². The topological polar surface area (TPSA) is 12.0 Å². The molecule has 17 heavy (non-hydrogen) atoms. The SMILES string of the molecule is CC1C=CC(NC2CC=CC(C)(P)CC2)=CC1. The molecule has 0 radical (unpaired) electrons. The Kier molecular flexibility index (Phi) is 4.09. The quantitative estimate of drug-likeness (QED) is 0.580. The summed E-state index contributed by atoms with van der Waals surface area (Å²) < 4.78 is 0. The van der Waals surface area contributed by atoms with Crippen molar-refractivity contribution in [1.82, 2.24) is 5.32 Å². The van der Waals surface area contributed by atoms with Crippen molar-refractivity contribution in [3.05, 3.63) is 36.1 Å². The van der Waals surface area contributed by atoms with Crippen molar-refractivity contribution in [3.8, 4) is 0 Å². The van der Waals surface area contributed by atoms with Crippen molar-refractivity contribution in [1.29, 1.82) is 0 Å². The first-order valence-corrected chi connectivity index (χ1v) is 7.24. The van der Waals surface area contributed by atoms with Gasteiger partial charge >= 0.3 is 0 Å². The maximum atomic E-state index is 3.67. The number of hydrogen-bond acceptors (Lipinski definition) is 1. The van der Waals surface area contributed by atoms with E-state index in [0.29, 0.717) is 17.1 Å². The zero-order valence-electron chi connectivity index (χ0n) is 10.9. The molecule has 0 aliphatic heterocycles. The molecule has 2 heteroatoms. The molecule has 0 amide bonds. The predicted octanol–water partition coefficient (Wildman–Crippen LogP) is 3.80. The Balaban J connectivity index is 1.89. The second-order valence-electron chi connectivity index (χ2n) is 5.76. The van der Waals surface area contributed by atoms with Gasteiger partial charge in [0.15, 0.2) is 0 Å². The minimum absolute atomic E-state index is 0.293. The minimum atomic E-state index is 0.293. The number of nitrogens with one attached hydrogen (secondary N) is 1. The summed E-state index contributed by atoms with van der Waals surface area (Å²) in [7, 11) is 2.96. The van der Waals surface area contributed by atoms with Crippen molar-refractivity contribution in [2.75, 3.05) is 0 Å². The van der Waals surface area contributed by atoms with Crippen molar-refractivity contribution >= 4 is 9.24 Å². The molecule has 0 saturated heterocycles. The number of allylic oxidation sites excluding steroid dienone is 4. The molecular weight excluding hydrogens is 225 g/mol. The first kappa shape index (κ1) is 12.9. The standard InChI is InChI=1S/C15H24NP/c1-12-5-7-14(8-6-12)16-13-4-3-10-15(2,17)11-9-13/h3,5,7-8,10,12-13,16H,4,6,9,11,17H2,1-2H3. The summed E-state index contributed by atoms with van der Waals surface area (Å²) in [5.41, 5.74) is 1.31. The van der Waals surface area contributed by atoms with Gasteiger partial charge in [0, 0.05) is 11.7 Å². The highest BCUT2D eigenvalue weighted by atomic mass is 31.0. The first-order chi connectivity index (χ1) is 8.05. The minimum Gasteiger partial charge on any atom is -0.382 e. The van der Waals surface area contributed by atoms with Crippen molar-refractivity contribution < 1.29 is 0 Å². The number of rotatable bonds is 2. The summed E-state index contributed by atoms with van der Waals surface area (Å²) in [5.74, 6) is 0.699. The fourth-order valence-electron chi connectivity index (χ4n) is 2.39. The Labute approximate surface area is 108 Å². The monoisotopic (exact) mass is 249 g/mol. The predicted molar refractivity (Wildman–Crippen MR) is 79.0 cm³/mol. The summed E-state index contributed by atoms with van der Waals surface area (Å²) in [6.07, 6.45) is 16.3. The van der Waals surface area contributed by atoms with Crippen LogP contribution in [-0.2, 0) is 0 Å². The average molecular weight is 249 g/mol. The molecule has 0 saturated carbocycles. The van der Waals surface area contributed by atoms with Crippen LogP contribution >= 0.6 is 9.24 Å². The first-order valence-electron chi connectivity index (χ1n) is 6.67. The van der Waals surface area contributed by atoms with E-state index >= 15 is 0 Å². The molecule has 1 nitrogen and oxygen atoms in total. The van der Waals surface area contributed by atoms with Crippen LogP contribution in [0.2, 0.25) is 0 Å². The smallest absolute Gasteiger partial charge is 0.0298 e. The molecule has 0 aromatic rings. The van der Waals surface area contributed by atoms with E-state index in [4.69, 9.17) is 0 Å². The van der Waals surface area contributed by atoms with E-state index in [2.05, 4.69) is 58.8 Å². The second kappa shape index (κ2) is 5.40. The zero-order valence-corrected chi connectivity index (χ0v) is 12.1. The fourth-order valence-corrected chi connectivity index (χ4v) is 2.69. The van der Waals surface area contributed by atoms with Gasteiger partial charge in [-0.3, -0.25) is 0 Å². The highest BCUT2D eigenvalue weighted by Crippen LogP contribution is 2.30. The van der Waals surface area contributed by atoms with E-state index in [-0.39, 0.29) is 0 Å². The molecule has 0 aromatic heterocycles. The highest BCUT2D eigenvalue weighted by Gasteiger charge is 2.20. The zero-order chi connectivity index (χ0) is 12.3. The third-order valence-corrected chi connectivity index (χ3v) is 4.12. The Hall–Kier alpha value is -0.550. The molecule has 4 unspecified atom stereocenters. The van der Waals surface area contributed by atoms with Crippen LogP contribution in [0.3, 0.4) is 0 Å².